The number of H-pyrrole nitrogens is 1. The first-order valence-corrected chi connectivity index (χ1v) is 4.88. The number of amides is 1. The first-order valence-electron chi connectivity index (χ1n) is 4.88. The molecule has 1 aromatic heterocycles. The van der Waals surface area contributed by atoms with Crippen molar-refractivity contribution >= 4 is 11.9 Å². The van der Waals surface area contributed by atoms with Gasteiger partial charge in [-0.25, -0.2) is 0 Å². The van der Waals surface area contributed by atoms with Crippen LogP contribution >= 0.6 is 0 Å². The number of ether oxygens (including phenoxy) is 1. The molecular formula is C10H11N5O2. The average molecular weight is 233 g/mol. The molecule has 0 radical (unpaired) electrons. The highest BCUT2D eigenvalue weighted by Gasteiger charge is 2.19. The van der Waals surface area contributed by atoms with Crippen LogP contribution in [0.4, 0.5) is 5.95 Å². The van der Waals surface area contributed by atoms with Crippen molar-refractivity contribution in [2.75, 3.05) is 19.1 Å². The maximum Gasteiger partial charge on any atom is 0.272 e. The van der Waals surface area contributed by atoms with Crippen molar-refractivity contribution in [1.82, 2.24) is 20.6 Å². The van der Waals surface area contributed by atoms with Crippen molar-refractivity contribution in [2.45, 2.75) is 0 Å². The van der Waals surface area contributed by atoms with Gasteiger partial charge in [-0.15, -0.1) is 5.10 Å². The number of methoxy groups -OCH3 is 1. The Kier molecular flexibility index (Phi) is 2.99. The van der Waals surface area contributed by atoms with Crippen LogP contribution in [0.3, 0.4) is 0 Å². The van der Waals surface area contributed by atoms with E-state index in [4.69, 9.17) is 4.74 Å². The number of nitrogens with one attached hydrogen (secondary N) is 1. The zero-order valence-corrected chi connectivity index (χ0v) is 9.41. The number of carbonyl (C=O) groups excluding carboxylic acids is 1. The smallest absolute Gasteiger partial charge is 0.272 e. The Balaban J connectivity index is 2.31. The van der Waals surface area contributed by atoms with Crippen molar-refractivity contribution < 1.29 is 9.53 Å². The van der Waals surface area contributed by atoms with Crippen molar-refractivity contribution in [2.24, 2.45) is 0 Å². The van der Waals surface area contributed by atoms with E-state index in [1.54, 1.807) is 31.3 Å². The SMILES string of the molecule is COc1ccccc1C(=O)N(C)c1nn[nH]n1. The Bertz CT molecular complexity index is 511. The number of hydrogen-bond donors (Lipinski definition) is 1. The third-order valence-electron chi connectivity index (χ3n) is 2.28. The molecule has 17 heavy (non-hydrogen) atoms. The van der Waals surface area contributed by atoms with Crippen LogP contribution in [0.1, 0.15) is 10.4 Å². The van der Waals surface area contributed by atoms with Gasteiger partial charge < -0.3 is 4.74 Å². The molecule has 1 N–H and O–H groups in total. The molecule has 0 aliphatic heterocycles. The van der Waals surface area contributed by atoms with Gasteiger partial charge in [-0.1, -0.05) is 17.2 Å². The summed E-state index contributed by atoms with van der Waals surface area (Å²) < 4.78 is 5.12. The Labute approximate surface area is 97.4 Å². The number of carbonyl (C=O) groups is 1. The lowest BCUT2D eigenvalue weighted by molar-refractivity contribution is 0.0988. The quantitative estimate of drug-likeness (QED) is 0.833. The lowest BCUT2D eigenvalue weighted by atomic mass is 10.2. The van der Waals surface area contributed by atoms with E-state index in [0.29, 0.717) is 11.3 Å². The lowest BCUT2D eigenvalue weighted by Gasteiger charge is -2.14. The molecule has 0 saturated carbocycles. The summed E-state index contributed by atoms with van der Waals surface area (Å²) in [7, 11) is 3.08. The fraction of sp³-hybridized carbons (Fsp3) is 0.200. The molecule has 0 spiro atoms. The first kappa shape index (κ1) is 11.1. The summed E-state index contributed by atoms with van der Waals surface area (Å²) in [6.07, 6.45) is 0. The number of anilines is 1. The van der Waals surface area contributed by atoms with Crippen LogP contribution in [-0.2, 0) is 0 Å². The summed E-state index contributed by atoms with van der Waals surface area (Å²) in [5.41, 5.74) is 0.447. The highest BCUT2D eigenvalue weighted by Crippen LogP contribution is 2.19. The van der Waals surface area contributed by atoms with Crippen molar-refractivity contribution in [1.29, 1.82) is 0 Å². The molecule has 0 aliphatic carbocycles. The second-order valence-corrected chi connectivity index (χ2v) is 3.28. The van der Waals surface area contributed by atoms with Gasteiger partial charge in [0.05, 0.1) is 12.7 Å². The number of tetrazole rings is 1. The van der Waals surface area contributed by atoms with Crippen LogP contribution in [0.25, 0.3) is 0 Å². The van der Waals surface area contributed by atoms with Crippen LogP contribution in [-0.4, -0.2) is 40.7 Å². The minimum atomic E-state index is -0.260. The van der Waals surface area contributed by atoms with Gasteiger partial charge >= 0.3 is 0 Å². The van der Waals surface area contributed by atoms with Crippen LogP contribution in [0.5, 0.6) is 5.75 Å². The number of para-hydroxylation sites is 1. The Hall–Kier alpha value is -2.44. The van der Waals surface area contributed by atoms with E-state index in [2.05, 4.69) is 20.6 Å². The lowest BCUT2D eigenvalue weighted by Crippen LogP contribution is -2.27. The first-order chi connectivity index (χ1) is 8.24. The van der Waals surface area contributed by atoms with E-state index in [1.807, 2.05) is 0 Å². The second kappa shape index (κ2) is 4.60. The summed E-state index contributed by atoms with van der Waals surface area (Å²) in [4.78, 5) is 13.4. The monoisotopic (exact) mass is 233 g/mol. The van der Waals surface area contributed by atoms with Crippen LogP contribution in [0, 0.1) is 0 Å². The molecule has 0 bridgehead atoms. The predicted octanol–water partition coefficient (Wildman–Crippen LogP) is 0.485. The zero-order chi connectivity index (χ0) is 12.3. The minimum Gasteiger partial charge on any atom is -0.496 e. The number of nitrogens with zero attached hydrogens (tertiary/aromatic N) is 4. The van der Waals surface area contributed by atoms with Gasteiger partial charge in [-0.2, -0.15) is 5.21 Å². The normalized spacial score (nSPS) is 10.0. The number of rotatable bonds is 3. The van der Waals surface area contributed by atoms with E-state index in [-0.39, 0.29) is 11.9 Å². The van der Waals surface area contributed by atoms with Gasteiger partial charge in [-0.05, 0) is 17.3 Å². The summed E-state index contributed by atoms with van der Waals surface area (Å²) in [5.74, 6) is 0.456. The van der Waals surface area contributed by atoms with Crippen LogP contribution in [0.2, 0.25) is 0 Å². The zero-order valence-electron chi connectivity index (χ0n) is 9.41. The largest absolute Gasteiger partial charge is 0.496 e. The van der Waals surface area contributed by atoms with Crippen molar-refractivity contribution in [3.63, 3.8) is 0 Å². The fourth-order valence-corrected chi connectivity index (χ4v) is 1.39. The number of aromatic amines is 1. The molecule has 2 rings (SSSR count). The Morgan fingerprint density at radius 3 is 2.82 bits per heavy atom. The van der Waals surface area contributed by atoms with Gasteiger partial charge in [0.25, 0.3) is 11.9 Å². The second-order valence-electron chi connectivity index (χ2n) is 3.28. The van der Waals surface area contributed by atoms with Gasteiger partial charge in [-0.3, -0.25) is 9.69 Å². The molecule has 0 saturated heterocycles. The topological polar surface area (TPSA) is 84.0 Å². The summed E-state index contributed by atoms with van der Waals surface area (Å²) >= 11 is 0. The van der Waals surface area contributed by atoms with E-state index >= 15 is 0 Å². The maximum atomic E-state index is 12.1. The molecule has 1 heterocycles. The van der Waals surface area contributed by atoms with Gasteiger partial charge in [0, 0.05) is 7.05 Å². The molecule has 0 aliphatic rings. The summed E-state index contributed by atoms with van der Waals surface area (Å²) in [6, 6.07) is 6.96. The minimum absolute atomic E-state index is 0.209. The third kappa shape index (κ3) is 2.07. The Morgan fingerprint density at radius 1 is 1.41 bits per heavy atom. The van der Waals surface area contributed by atoms with Crippen LogP contribution in [0.15, 0.2) is 24.3 Å². The van der Waals surface area contributed by atoms with Gasteiger partial charge in [0.2, 0.25) is 0 Å². The molecule has 7 nitrogen and oxygen atoms in total. The van der Waals surface area contributed by atoms with Crippen LogP contribution < -0.4 is 9.64 Å². The highest BCUT2D eigenvalue weighted by molar-refractivity contribution is 6.06. The van der Waals surface area contributed by atoms with Crippen molar-refractivity contribution in [3.05, 3.63) is 29.8 Å². The fourth-order valence-electron chi connectivity index (χ4n) is 1.39. The maximum absolute atomic E-state index is 12.1. The molecule has 0 fully saturated rings. The highest BCUT2D eigenvalue weighted by atomic mass is 16.5. The van der Waals surface area contributed by atoms with E-state index < -0.39 is 0 Å². The third-order valence-corrected chi connectivity index (χ3v) is 2.28. The average Bonchev–Trinajstić information content (AvgIpc) is 2.90. The number of benzene rings is 1. The summed E-state index contributed by atoms with van der Waals surface area (Å²) in [6.45, 7) is 0. The molecule has 1 amide bonds. The number of aromatic nitrogens is 4. The summed E-state index contributed by atoms with van der Waals surface area (Å²) in [5, 5.41) is 13.2. The molecule has 7 heteroatoms. The molecule has 0 unspecified atom stereocenters. The molecule has 2 aromatic rings. The van der Waals surface area contributed by atoms with Gasteiger partial charge in [0.15, 0.2) is 0 Å². The predicted molar refractivity (Wildman–Crippen MR) is 59.9 cm³/mol. The van der Waals surface area contributed by atoms with Gasteiger partial charge in [0.1, 0.15) is 5.75 Å². The van der Waals surface area contributed by atoms with E-state index in [9.17, 15) is 4.79 Å². The Morgan fingerprint density at radius 2 is 2.18 bits per heavy atom. The standard InChI is InChI=1S/C10H11N5O2/c1-15(10-11-13-14-12-10)9(16)7-5-3-4-6-8(7)17-2/h3-6H,1-2H3,(H,11,12,13,14). The number of hydrogen-bond acceptors (Lipinski definition) is 5. The molecular weight excluding hydrogens is 222 g/mol. The van der Waals surface area contributed by atoms with E-state index in [1.165, 1.54) is 12.0 Å². The van der Waals surface area contributed by atoms with Crippen molar-refractivity contribution in [3.8, 4) is 5.75 Å². The molecule has 1 aromatic carbocycles. The molecule has 0 atom stereocenters. The van der Waals surface area contributed by atoms with E-state index in [0.717, 1.165) is 0 Å². The molecule has 88 valence electrons.